The lowest BCUT2D eigenvalue weighted by molar-refractivity contribution is 0.126. The molecule has 0 heterocycles. The molecule has 0 radical (unpaired) electrons. The summed E-state index contributed by atoms with van der Waals surface area (Å²) >= 11 is 0. The Balaban J connectivity index is 3.08. The molecule has 19 heavy (non-hydrogen) atoms. The summed E-state index contributed by atoms with van der Waals surface area (Å²) in [4.78, 5) is -0.111. The van der Waals surface area contributed by atoms with E-state index in [1.54, 1.807) is 6.07 Å². The first-order valence-corrected chi connectivity index (χ1v) is 6.76. The largest absolute Gasteiger partial charge is 0.384 e. The minimum Gasteiger partial charge on any atom is -0.384 e. The molecule has 1 N–H and O–H groups in total. The Morgan fingerprint density at radius 2 is 2.11 bits per heavy atom. The van der Waals surface area contributed by atoms with Gasteiger partial charge in [0.25, 0.3) is 6.43 Å². The van der Waals surface area contributed by atoms with Crippen molar-refractivity contribution in [2.75, 3.05) is 20.2 Å². The molecule has 0 aliphatic carbocycles. The van der Waals surface area contributed by atoms with Crippen LogP contribution in [0.4, 0.5) is 8.78 Å². The first-order valence-electron chi connectivity index (χ1n) is 5.32. The third-order valence-electron chi connectivity index (χ3n) is 2.25. The Labute approximate surface area is 110 Å². The van der Waals surface area contributed by atoms with Crippen molar-refractivity contribution in [3.63, 3.8) is 0 Å². The molecule has 1 aromatic carbocycles. The molecule has 7 heteroatoms. The highest BCUT2D eigenvalue weighted by atomic mass is 32.2. The van der Waals surface area contributed by atoms with Crippen LogP contribution in [0.25, 0.3) is 0 Å². The second kappa shape index (κ2) is 6.61. The van der Waals surface area contributed by atoms with Gasteiger partial charge in [-0.1, -0.05) is 17.9 Å². The Bertz CT molecular complexity index is 590. The van der Waals surface area contributed by atoms with Gasteiger partial charge in [0.1, 0.15) is 6.61 Å². The predicted molar refractivity (Wildman–Crippen MR) is 66.2 cm³/mol. The Morgan fingerprint density at radius 3 is 2.68 bits per heavy atom. The van der Waals surface area contributed by atoms with Crippen LogP contribution in [0.1, 0.15) is 5.56 Å². The highest BCUT2D eigenvalue weighted by Gasteiger charge is 2.23. The Hall–Kier alpha value is -1.49. The van der Waals surface area contributed by atoms with Crippen molar-refractivity contribution in [2.45, 2.75) is 11.3 Å². The number of rotatable bonds is 4. The van der Waals surface area contributed by atoms with E-state index in [-0.39, 0.29) is 11.5 Å². The molecule has 0 bridgehead atoms. The fourth-order valence-corrected chi connectivity index (χ4v) is 2.54. The first kappa shape index (κ1) is 15.6. The molecule has 0 aliphatic heterocycles. The van der Waals surface area contributed by atoms with E-state index in [4.69, 9.17) is 5.11 Å². The van der Waals surface area contributed by atoms with Gasteiger partial charge in [-0.05, 0) is 18.2 Å². The van der Waals surface area contributed by atoms with Gasteiger partial charge in [-0.15, -0.1) is 0 Å². The van der Waals surface area contributed by atoms with Crippen LogP contribution in [-0.2, 0) is 10.0 Å². The highest BCUT2D eigenvalue weighted by molar-refractivity contribution is 7.89. The average molecular weight is 289 g/mol. The van der Waals surface area contributed by atoms with Crippen LogP contribution in [0.3, 0.4) is 0 Å². The Morgan fingerprint density at radius 1 is 1.42 bits per heavy atom. The number of alkyl halides is 2. The zero-order chi connectivity index (χ0) is 14.5. The minimum atomic E-state index is -3.96. The van der Waals surface area contributed by atoms with E-state index in [2.05, 4.69) is 11.8 Å². The molecule has 1 aromatic rings. The number of halogens is 2. The first-order chi connectivity index (χ1) is 8.87. The lowest BCUT2D eigenvalue weighted by Crippen LogP contribution is -2.31. The molecule has 0 spiro atoms. The minimum absolute atomic E-state index is 0.111. The standard InChI is InChI=1S/C12H13F2NO3S/c1-15(9-12(13)14)19(17,18)11-6-2-4-10(8-11)5-3-7-16/h2,4,6,8,12,16H,7,9H2,1H3. The van der Waals surface area contributed by atoms with E-state index in [9.17, 15) is 17.2 Å². The molecule has 4 nitrogen and oxygen atoms in total. The molecule has 1 rings (SSSR count). The van der Waals surface area contributed by atoms with Gasteiger partial charge in [-0.3, -0.25) is 0 Å². The van der Waals surface area contributed by atoms with Gasteiger partial charge in [0.05, 0.1) is 11.4 Å². The summed E-state index contributed by atoms with van der Waals surface area (Å²) < 4.78 is 49.0. The maximum Gasteiger partial charge on any atom is 0.252 e. The van der Waals surface area contributed by atoms with Crippen LogP contribution in [0.15, 0.2) is 29.2 Å². The molecule has 0 fully saturated rings. The molecular formula is C12H13F2NO3S. The van der Waals surface area contributed by atoms with Crippen molar-refractivity contribution in [3.8, 4) is 11.8 Å². The molecular weight excluding hydrogens is 276 g/mol. The number of aliphatic hydroxyl groups excluding tert-OH is 1. The molecule has 0 aromatic heterocycles. The van der Waals surface area contributed by atoms with E-state index >= 15 is 0 Å². The molecule has 0 atom stereocenters. The van der Waals surface area contributed by atoms with Crippen LogP contribution in [0, 0.1) is 11.8 Å². The van der Waals surface area contributed by atoms with Gasteiger partial charge < -0.3 is 5.11 Å². The molecule has 0 aliphatic rings. The number of benzene rings is 1. The van der Waals surface area contributed by atoms with E-state index < -0.39 is 23.0 Å². The average Bonchev–Trinajstić information content (AvgIpc) is 2.35. The van der Waals surface area contributed by atoms with E-state index in [0.29, 0.717) is 9.87 Å². The number of hydrogen-bond donors (Lipinski definition) is 1. The molecule has 0 unspecified atom stereocenters. The summed E-state index contributed by atoms with van der Waals surface area (Å²) in [5.41, 5.74) is 0.389. The van der Waals surface area contributed by atoms with Crippen molar-refractivity contribution in [3.05, 3.63) is 29.8 Å². The third kappa shape index (κ3) is 4.28. The van der Waals surface area contributed by atoms with E-state index in [1.807, 2.05) is 0 Å². The highest BCUT2D eigenvalue weighted by Crippen LogP contribution is 2.16. The molecule has 104 valence electrons. The van der Waals surface area contributed by atoms with Gasteiger partial charge in [0.15, 0.2) is 0 Å². The summed E-state index contributed by atoms with van der Waals surface area (Å²) in [6, 6.07) is 5.61. The predicted octanol–water partition coefficient (Wildman–Crippen LogP) is 0.916. The van der Waals surface area contributed by atoms with E-state index in [0.717, 1.165) is 7.05 Å². The quantitative estimate of drug-likeness (QED) is 0.838. The van der Waals surface area contributed by atoms with Crippen LogP contribution in [-0.4, -0.2) is 44.5 Å². The normalized spacial score (nSPS) is 11.5. The summed E-state index contributed by atoms with van der Waals surface area (Å²) in [5, 5.41) is 8.56. The third-order valence-corrected chi connectivity index (χ3v) is 4.07. The van der Waals surface area contributed by atoms with Gasteiger partial charge in [0.2, 0.25) is 10.0 Å². The Kier molecular flexibility index (Phi) is 5.42. The van der Waals surface area contributed by atoms with E-state index in [1.165, 1.54) is 18.2 Å². The van der Waals surface area contributed by atoms with Gasteiger partial charge >= 0.3 is 0 Å². The number of nitrogens with zero attached hydrogens (tertiary/aromatic N) is 1. The van der Waals surface area contributed by atoms with Crippen LogP contribution >= 0.6 is 0 Å². The number of aliphatic hydroxyl groups is 1. The van der Waals surface area contributed by atoms with Crippen molar-refractivity contribution in [1.82, 2.24) is 4.31 Å². The molecule has 0 saturated carbocycles. The fourth-order valence-electron chi connectivity index (χ4n) is 1.35. The van der Waals surface area contributed by atoms with Crippen molar-refractivity contribution in [1.29, 1.82) is 0 Å². The van der Waals surface area contributed by atoms with Crippen LogP contribution in [0.5, 0.6) is 0 Å². The maximum atomic E-state index is 12.2. The SMILES string of the molecule is CN(CC(F)F)S(=O)(=O)c1cccc(C#CCO)c1. The van der Waals surface area contributed by atoms with Gasteiger partial charge in [0, 0.05) is 12.6 Å². The number of sulfonamides is 1. The monoisotopic (exact) mass is 289 g/mol. The summed E-state index contributed by atoms with van der Waals surface area (Å²) in [6.07, 6.45) is -2.74. The van der Waals surface area contributed by atoms with Crippen molar-refractivity contribution < 1.29 is 22.3 Å². The lowest BCUT2D eigenvalue weighted by Gasteiger charge is -2.16. The summed E-state index contributed by atoms with van der Waals surface area (Å²) in [5.74, 6) is 4.94. The second-order valence-electron chi connectivity index (χ2n) is 3.66. The summed E-state index contributed by atoms with van der Waals surface area (Å²) in [7, 11) is -2.87. The fraction of sp³-hybridized carbons (Fsp3) is 0.333. The maximum absolute atomic E-state index is 12.2. The van der Waals surface area contributed by atoms with Crippen molar-refractivity contribution in [2.24, 2.45) is 0 Å². The summed E-state index contributed by atoms with van der Waals surface area (Å²) in [6.45, 7) is -1.21. The zero-order valence-corrected chi connectivity index (χ0v) is 11.0. The second-order valence-corrected chi connectivity index (χ2v) is 5.71. The smallest absolute Gasteiger partial charge is 0.252 e. The topological polar surface area (TPSA) is 57.6 Å². The van der Waals surface area contributed by atoms with Gasteiger partial charge in [-0.25, -0.2) is 17.2 Å². The van der Waals surface area contributed by atoms with Crippen LogP contribution < -0.4 is 0 Å². The molecule has 0 saturated heterocycles. The number of hydrogen-bond acceptors (Lipinski definition) is 3. The van der Waals surface area contributed by atoms with Crippen molar-refractivity contribution >= 4 is 10.0 Å². The van der Waals surface area contributed by atoms with Gasteiger partial charge in [-0.2, -0.15) is 4.31 Å². The lowest BCUT2D eigenvalue weighted by atomic mass is 10.2. The zero-order valence-electron chi connectivity index (χ0n) is 10.2. The molecule has 0 amide bonds. The van der Waals surface area contributed by atoms with Crippen LogP contribution in [0.2, 0.25) is 0 Å².